The molecule has 19 heavy (non-hydrogen) atoms. The lowest BCUT2D eigenvalue weighted by atomic mass is 9.83. The first kappa shape index (κ1) is 13.6. The monoisotopic (exact) mass is 257 g/mol. The van der Waals surface area contributed by atoms with Crippen molar-refractivity contribution in [2.75, 3.05) is 0 Å². The highest BCUT2D eigenvalue weighted by molar-refractivity contribution is 5.86. The maximum atomic E-state index is 11.2. The number of carboxylic acid groups (broad SMARTS) is 1. The average Bonchev–Trinajstić information content (AvgIpc) is 2.37. The van der Waals surface area contributed by atoms with Crippen LogP contribution in [0.15, 0.2) is 42.5 Å². The Morgan fingerprint density at radius 1 is 1.21 bits per heavy atom. The molecule has 0 heterocycles. The standard InChI is InChI=1S/C16H19NO2/c1-16(2,15(18)19)10-14(17)13-9-5-7-11-6-3-4-8-12(11)13/h3-9,14H,10,17H2,1-2H3,(H,18,19). The van der Waals surface area contributed by atoms with E-state index in [1.165, 1.54) is 0 Å². The zero-order valence-corrected chi connectivity index (χ0v) is 11.3. The van der Waals surface area contributed by atoms with Crippen molar-refractivity contribution in [3.63, 3.8) is 0 Å². The third-order valence-electron chi connectivity index (χ3n) is 3.53. The van der Waals surface area contributed by atoms with Crippen LogP contribution in [-0.4, -0.2) is 11.1 Å². The van der Waals surface area contributed by atoms with E-state index in [1.54, 1.807) is 13.8 Å². The number of rotatable bonds is 4. The quantitative estimate of drug-likeness (QED) is 0.883. The van der Waals surface area contributed by atoms with Crippen LogP contribution in [0.5, 0.6) is 0 Å². The molecular formula is C16H19NO2. The van der Waals surface area contributed by atoms with E-state index in [1.807, 2.05) is 42.5 Å². The van der Waals surface area contributed by atoms with Crippen LogP contribution in [0.3, 0.4) is 0 Å². The van der Waals surface area contributed by atoms with Crippen molar-refractivity contribution in [1.29, 1.82) is 0 Å². The molecule has 3 heteroatoms. The van der Waals surface area contributed by atoms with Crippen molar-refractivity contribution in [1.82, 2.24) is 0 Å². The second kappa shape index (κ2) is 5.02. The lowest BCUT2D eigenvalue weighted by molar-refractivity contribution is -0.147. The summed E-state index contributed by atoms with van der Waals surface area (Å²) >= 11 is 0. The third kappa shape index (κ3) is 2.76. The Morgan fingerprint density at radius 3 is 2.53 bits per heavy atom. The normalized spacial score (nSPS) is 13.4. The van der Waals surface area contributed by atoms with E-state index in [0.717, 1.165) is 16.3 Å². The minimum Gasteiger partial charge on any atom is -0.481 e. The fourth-order valence-electron chi connectivity index (χ4n) is 2.32. The highest BCUT2D eigenvalue weighted by Crippen LogP contribution is 2.32. The molecule has 0 aromatic heterocycles. The molecule has 0 spiro atoms. The topological polar surface area (TPSA) is 63.3 Å². The van der Waals surface area contributed by atoms with Gasteiger partial charge < -0.3 is 10.8 Å². The molecule has 2 aromatic rings. The van der Waals surface area contributed by atoms with Crippen molar-refractivity contribution >= 4 is 16.7 Å². The molecule has 0 aliphatic heterocycles. The smallest absolute Gasteiger partial charge is 0.309 e. The van der Waals surface area contributed by atoms with Crippen LogP contribution in [-0.2, 0) is 4.79 Å². The largest absolute Gasteiger partial charge is 0.481 e. The van der Waals surface area contributed by atoms with Gasteiger partial charge in [0.05, 0.1) is 5.41 Å². The molecule has 0 aliphatic carbocycles. The van der Waals surface area contributed by atoms with Gasteiger partial charge in [-0.05, 0) is 36.6 Å². The van der Waals surface area contributed by atoms with Crippen LogP contribution >= 0.6 is 0 Å². The fourth-order valence-corrected chi connectivity index (χ4v) is 2.32. The summed E-state index contributed by atoms with van der Waals surface area (Å²) in [4.78, 5) is 11.2. The highest BCUT2D eigenvalue weighted by atomic mass is 16.4. The van der Waals surface area contributed by atoms with Crippen molar-refractivity contribution in [3.8, 4) is 0 Å². The van der Waals surface area contributed by atoms with Gasteiger partial charge in [-0.15, -0.1) is 0 Å². The molecule has 2 aromatic carbocycles. The molecule has 0 amide bonds. The summed E-state index contributed by atoms with van der Waals surface area (Å²) in [6.07, 6.45) is 0.413. The summed E-state index contributed by atoms with van der Waals surface area (Å²) in [5.74, 6) is -0.816. The number of carbonyl (C=O) groups is 1. The van der Waals surface area contributed by atoms with E-state index in [9.17, 15) is 9.90 Å². The maximum Gasteiger partial charge on any atom is 0.309 e. The molecule has 0 saturated carbocycles. The first-order valence-corrected chi connectivity index (χ1v) is 6.38. The summed E-state index contributed by atoms with van der Waals surface area (Å²) in [5, 5.41) is 11.4. The molecule has 0 bridgehead atoms. The molecule has 0 saturated heterocycles. The number of carboxylic acids is 1. The van der Waals surface area contributed by atoms with Gasteiger partial charge in [0.2, 0.25) is 0 Å². The molecule has 0 aliphatic rings. The van der Waals surface area contributed by atoms with Gasteiger partial charge >= 0.3 is 5.97 Å². The number of nitrogens with two attached hydrogens (primary N) is 1. The summed E-state index contributed by atoms with van der Waals surface area (Å²) in [5.41, 5.74) is 6.41. The first-order valence-electron chi connectivity index (χ1n) is 6.38. The highest BCUT2D eigenvalue weighted by Gasteiger charge is 2.30. The molecular weight excluding hydrogens is 238 g/mol. The number of benzene rings is 2. The Kier molecular flexibility index (Phi) is 3.58. The van der Waals surface area contributed by atoms with Crippen LogP contribution in [0.25, 0.3) is 10.8 Å². The van der Waals surface area contributed by atoms with Crippen LogP contribution in [0.4, 0.5) is 0 Å². The van der Waals surface area contributed by atoms with Crippen molar-refractivity contribution in [3.05, 3.63) is 48.0 Å². The van der Waals surface area contributed by atoms with Crippen molar-refractivity contribution in [2.24, 2.45) is 11.1 Å². The average molecular weight is 257 g/mol. The maximum absolute atomic E-state index is 11.2. The molecule has 1 atom stereocenters. The van der Waals surface area contributed by atoms with E-state index in [0.29, 0.717) is 6.42 Å². The molecule has 1 unspecified atom stereocenters. The predicted octanol–water partition coefficient (Wildman–Crippen LogP) is 3.34. The lowest BCUT2D eigenvalue weighted by Crippen LogP contribution is -2.29. The third-order valence-corrected chi connectivity index (χ3v) is 3.53. The second-order valence-electron chi connectivity index (χ2n) is 5.57. The van der Waals surface area contributed by atoms with E-state index in [2.05, 4.69) is 0 Å². The SMILES string of the molecule is CC(C)(CC(N)c1cccc2ccccc12)C(=O)O. The van der Waals surface area contributed by atoms with Crippen LogP contribution in [0.1, 0.15) is 31.9 Å². The van der Waals surface area contributed by atoms with Gasteiger partial charge in [0, 0.05) is 6.04 Å². The first-order chi connectivity index (χ1) is 8.92. The Bertz CT molecular complexity index is 599. The zero-order chi connectivity index (χ0) is 14.0. The van der Waals surface area contributed by atoms with Crippen molar-refractivity contribution < 1.29 is 9.90 Å². The Labute approximate surface area is 113 Å². The number of hydrogen-bond donors (Lipinski definition) is 2. The molecule has 100 valence electrons. The molecule has 0 fully saturated rings. The molecule has 0 radical (unpaired) electrons. The van der Waals surface area contributed by atoms with E-state index in [-0.39, 0.29) is 6.04 Å². The molecule has 3 nitrogen and oxygen atoms in total. The number of aliphatic carboxylic acids is 1. The van der Waals surface area contributed by atoms with Gasteiger partial charge in [-0.25, -0.2) is 0 Å². The van der Waals surface area contributed by atoms with Crippen LogP contribution in [0.2, 0.25) is 0 Å². The van der Waals surface area contributed by atoms with Gasteiger partial charge in [-0.2, -0.15) is 0 Å². The van der Waals surface area contributed by atoms with Crippen LogP contribution in [0, 0.1) is 5.41 Å². The molecule has 3 N–H and O–H groups in total. The number of hydrogen-bond acceptors (Lipinski definition) is 2. The second-order valence-corrected chi connectivity index (χ2v) is 5.57. The molecule has 2 rings (SSSR count). The summed E-state index contributed by atoms with van der Waals surface area (Å²) < 4.78 is 0. The Hall–Kier alpha value is -1.87. The summed E-state index contributed by atoms with van der Waals surface area (Å²) in [6, 6.07) is 13.7. The van der Waals surface area contributed by atoms with Crippen molar-refractivity contribution in [2.45, 2.75) is 26.3 Å². The van der Waals surface area contributed by atoms with E-state index in [4.69, 9.17) is 5.73 Å². The lowest BCUT2D eigenvalue weighted by Gasteiger charge is -2.24. The predicted molar refractivity (Wildman–Crippen MR) is 76.9 cm³/mol. The summed E-state index contributed by atoms with van der Waals surface area (Å²) in [7, 11) is 0. The Balaban J connectivity index is 2.37. The minimum absolute atomic E-state index is 0.280. The number of fused-ring (bicyclic) bond motifs is 1. The van der Waals surface area contributed by atoms with Crippen LogP contribution < -0.4 is 5.73 Å². The fraction of sp³-hybridized carbons (Fsp3) is 0.312. The summed E-state index contributed by atoms with van der Waals surface area (Å²) in [6.45, 7) is 3.42. The van der Waals surface area contributed by atoms with Gasteiger partial charge in [-0.3, -0.25) is 4.79 Å². The van der Waals surface area contributed by atoms with Gasteiger partial charge in [0.25, 0.3) is 0 Å². The van der Waals surface area contributed by atoms with E-state index < -0.39 is 11.4 Å². The minimum atomic E-state index is -0.823. The van der Waals surface area contributed by atoms with E-state index >= 15 is 0 Å². The Morgan fingerprint density at radius 2 is 1.84 bits per heavy atom. The zero-order valence-electron chi connectivity index (χ0n) is 11.3. The van der Waals surface area contributed by atoms with Gasteiger partial charge in [-0.1, -0.05) is 42.5 Å². The van der Waals surface area contributed by atoms with Gasteiger partial charge in [0.1, 0.15) is 0 Å². The van der Waals surface area contributed by atoms with Gasteiger partial charge in [0.15, 0.2) is 0 Å².